The van der Waals surface area contributed by atoms with Crippen LogP contribution in [0.4, 0.5) is 0 Å². The molecule has 3 heterocycles. The molecule has 0 aromatic rings. The maximum absolute atomic E-state index is 2.49. The van der Waals surface area contributed by atoms with Gasteiger partial charge in [0.05, 0.1) is 0 Å². The van der Waals surface area contributed by atoms with Gasteiger partial charge in [0.15, 0.2) is 0 Å². The van der Waals surface area contributed by atoms with Crippen LogP contribution in [0.1, 0.15) is 6.42 Å². The predicted molar refractivity (Wildman–Crippen MR) is 29.7 cm³/mol. The standard InChI is InChI=1S/C6H11IN/c1-8-3-5-2-6(4-8)7-5/h5-6H,2-4H2,1H3/q-1. The van der Waals surface area contributed by atoms with Gasteiger partial charge in [0, 0.05) is 0 Å². The van der Waals surface area contributed by atoms with Crippen LogP contribution in [0.15, 0.2) is 0 Å². The molecular formula is C6H11IN-. The van der Waals surface area contributed by atoms with E-state index in [1.165, 1.54) is 20.9 Å². The van der Waals surface area contributed by atoms with Crippen LogP contribution in [0.5, 0.6) is 0 Å². The molecular weight excluding hydrogens is 213 g/mol. The first-order chi connectivity index (χ1) is 3.84. The van der Waals surface area contributed by atoms with Gasteiger partial charge in [0.1, 0.15) is 0 Å². The first kappa shape index (κ1) is 5.47. The normalized spacial score (nSPS) is 47.1. The fraction of sp³-hybridized carbons (Fsp3) is 1.00. The first-order valence-electron chi connectivity index (χ1n) is 3.15. The van der Waals surface area contributed by atoms with Gasteiger partial charge in [0.2, 0.25) is 0 Å². The van der Waals surface area contributed by atoms with Crippen LogP contribution in [0.2, 0.25) is 0 Å². The third kappa shape index (κ3) is 0.778. The van der Waals surface area contributed by atoms with Crippen molar-refractivity contribution >= 4 is 0 Å². The average molecular weight is 224 g/mol. The van der Waals surface area contributed by atoms with Crippen molar-refractivity contribution in [3.63, 3.8) is 0 Å². The molecule has 0 aromatic carbocycles. The molecule has 3 aliphatic rings. The summed E-state index contributed by atoms with van der Waals surface area (Å²) in [6.07, 6.45) is 1.58. The Bertz CT molecular complexity index is 88.7. The van der Waals surface area contributed by atoms with Crippen LogP contribution in [-0.2, 0) is 0 Å². The summed E-state index contributed by atoms with van der Waals surface area (Å²) in [6, 6.07) is 0. The molecule has 0 radical (unpaired) electrons. The third-order valence-corrected chi connectivity index (χ3v) is 5.73. The van der Waals surface area contributed by atoms with Crippen LogP contribution in [-0.4, -0.2) is 32.9 Å². The zero-order chi connectivity index (χ0) is 5.56. The van der Waals surface area contributed by atoms with Gasteiger partial charge in [-0.15, -0.1) is 0 Å². The minimum atomic E-state index is 0.680. The average Bonchev–Trinajstić information content (AvgIpc) is 1.62. The Morgan fingerprint density at radius 1 is 1.38 bits per heavy atom. The van der Waals surface area contributed by atoms with Crippen LogP contribution < -0.4 is 21.2 Å². The number of hydrogen-bond donors (Lipinski definition) is 0. The number of alkyl halides is 2. The van der Waals surface area contributed by atoms with E-state index < -0.39 is 0 Å². The molecule has 2 bridgehead atoms. The second-order valence-electron chi connectivity index (χ2n) is 2.78. The van der Waals surface area contributed by atoms with Crippen molar-refractivity contribution < 1.29 is 21.2 Å². The molecule has 0 saturated carbocycles. The Hall–Kier alpha value is 0.690. The molecule has 48 valence electrons. The molecule has 0 N–H and O–H groups in total. The predicted octanol–water partition coefficient (Wildman–Crippen LogP) is -2.84. The quantitative estimate of drug-likeness (QED) is 0.316. The molecule has 8 heavy (non-hydrogen) atoms. The second kappa shape index (κ2) is 1.84. The Balaban J connectivity index is 1.97. The Morgan fingerprint density at radius 3 is 2.12 bits per heavy atom. The van der Waals surface area contributed by atoms with E-state index in [2.05, 4.69) is 11.9 Å². The van der Waals surface area contributed by atoms with Crippen molar-refractivity contribution in [1.82, 2.24) is 4.90 Å². The van der Waals surface area contributed by atoms with Crippen LogP contribution in [0.25, 0.3) is 0 Å². The molecule has 1 nitrogen and oxygen atoms in total. The third-order valence-electron chi connectivity index (χ3n) is 1.89. The van der Waals surface area contributed by atoms with Gasteiger partial charge in [-0.25, -0.2) is 0 Å². The zero-order valence-corrected chi connectivity index (χ0v) is 7.26. The zero-order valence-electron chi connectivity index (χ0n) is 5.10. The van der Waals surface area contributed by atoms with E-state index in [0.717, 1.165) is 0 Å². The number of hydrogen-bond acceptors (Lipinski definition) is 1. The number of nitrogens with zero attached hydrogens (tertiary/aromatic N) is 1. The Morgan fingerprint density at radius 2 is 1.88 bits per heavy atom. The van der Waals surface area contributed by atoms with Gasteiger partial charge in [-0.05, 0) is 0 Å². The summed E-state index contributed by atoms with van der Waals surface area (Å²) in [5, 5.41) is 0. The van der Waals surface area contributed by atoms with Crippen LogP contribution in [0, 0.1) is 0 Å². The van der Waals surface area contributed by atoms with Crippen molar-refractivity contribution in [3.8, 4) is 0 Å². The molecule has 3 fully saturated rings. The van der Waals surface area contributed by atoms with Gasteiger partial charge in [-0.3, -0.25) is 0 Å². The fourth-order valence-corrected chi connectivity index (χ4v) is 5.61. The molecule has 0 aromatic heterocycles. The summed E-state index contributed by atoms with van der Waals surface area (Å²) >= 11 is 0.680. The molecule has 2 unspecified atom stereocenters. The monoisotopic (exact) mass is 224 g/mol. The summed E-state index contributed by atoms with van der Waals surface area (Å²) in [4.78, 5) is 2.49. The summed E-state index contributed by atoms with van der Waals surface area (Å²) in [6.45, 7) is 2.84. The Kier molecular flexibility index (Phi) is 1.26. The molecule has 3 saturated heterocycles. The second-order valence-corrected chi connectivity index (χ2v) is 7.02. The van der Waals surface area contributed by atoms with E-state index in [4.69, 9.17) is 0 Å². The van der Waals surface area contributed by atoms with Gasteiger partial charge in [-0.1, -0.05) is 0 Å². The number of halogens is 1. The molecule has 0 spiro atoms. The summed E-state index contributed by atoms with van der Waals surface area (Å²) < 4.78 is 2.38. The molecule has 2 heteroatoms. The number of rotatable bonds is 0. The summed E-state index contributed by atoms with van der Waals surface area (Å²) in [5.74, 6) is 0. The molecule has 0 aliphatic carbocycles. The van der Waals surface area contributed by atoms with Gasteiger partial charge in [0.25, 0.3) is 0 Å². The minimum absolute atomic E-state index is 0.680. The molecule has 3 rings (SSSR count). The van der Waals surface area contributed by atoms with Gasteiger partial charge < -0.3 is 0 Å². The number of fused-ring (bicyclic) bond motifs is 2. The van der Waals surface area contributed by atoms with E-state index in [0.29, 0.717) is 21.2 Å². The molecule has 2 atom stereocenters. The SMILES string of the molecule is CN1CC2CC(C1)[I-]2. The van der Waals surface area contributed by atoms with Crippen LogP contribution >= 0.6 is 0 Å². The van der Waals surface area contributed by atoms with E-state index in [-0.39, 0.29) is 0 Å². The van der Waals surface area contributed by atoms with Crippen LogP contribution in [0.3, 0.4) is 0 Å². The summed E-state index contributed by atoms with van der Waals surface area (Å²) in [5.41, 5.74) is 0. The van der Waals surface area contributed by atoms with Crippen molar-refractivity contribution in [3.05, 3.63) is 0 Å². The number of piperidine rings is 1. The van der Waals surface area contributed by atoms with Crippen molar-refractivity contribution in [2.24, 2.45) is 0 Å². The van der Waals surface area contributed by atoms with Gasteiger partial charge >= 0.3 is 60.5 Å². The molecule has 0 amide bonds. The van der Waals surface area contributed by atoms with E-state index in [1.807, 2.05) is 0 Å². The fourth-order valence-electron chi connectivity index (χ4n) is 1.50. The van der Waals surface area contributed by atoms with E-state index in [9.17, 15) is 0 Å². The van der Waals surface area contributed by atoms with E-state index in [1.54, 1.807) is 6.42 Å². The maximum atomic E-state index is 2.49. The van der Waals surface area contributed by atoms with Crippen molar-refractivity contribution in [2.75, 3.05) is 20.1 Å². The summed E-state index contributed by atoms with van der Waals surface area (Å²) in [7, 11) is 2.25. The van der Waals surface area contributed by atoms with E-state index >= 15 is 0 Å². The van der Waals surface area contributed by atoms with Crippen molar-refractivity contribution in [1.29, 1.82) is 0 Å². The molecule has 3 aliphatic heterocycles. The topological polar surface area (TPSA) is 3.24 Å². The Labute approximate surface area is 60.7 Å². The first-order valence-corrected chi connectivity index (χ1v) is 5.64. The van der Waals surface area contributed by atoms with Crippen molar-refractivity contribution in [2.45, 2.75) is 14.3 Å². The van der Waals surface area contributed by atoms with Gasteiger partial charge in [-0.2, -0.15) is 0 Å².